The summed E-state index contributed by atoms with van der Waals surface area (Å²) in [6, 6.07) is 5.02. The van der Waals surface area contributed by atoms with Crippen LogP contribution >= 0.6 is 0 Å². The first kappa shape index (κ1) is 25.0. The maximum absolute atomic E-state index is 2.51. The van der Waals surface area contributed by atoms with Crippen molar-refractivity contribution in [3.05, 3.63) is 67.8 Å². The Bertz CT molecular complexity index is 859. The molecule has 176 valence electrons. The van der Waals surface area contributed by atoms with Gasteiger partial charge in [0.25, 0.3) is 0 Å². The predicted octanol–water partition coefficient (Wildman–Crippen LogP) is 5.79. The van der Waals surface area contributed by atoms with E-state index < -0.39 is 0 Å². The van der Waals surface area contributed by atoms with Crippen LogP contribution in [0.2, 0.25) is 0 Å². The van der Waals surface area contributed by atoms with Crippen LogP contribution in [0.25, 0.3) is 0 Å². The van der Waals surface area contributed by atoms with E-state index in [1.54, 1.807) is 33.4 Å². The lowest BCUT2D eigenvalue weighted by molar-refractivity contribution is 0.400. The average Bonchev–Trinajstić information content (AvgIpc) is 2.71. The summed E-state index contributed by atoms with van der Waals surface area (Å²) >= 11 is 0. The molecule has 2 heteroatoms. The molecule has 0 bridgehead atoms. The summed E-state index contributed by atoms with van der Waals surface area (Å²) in [7, 11) is 8.74. The monoisotopic (exact) mass is 434 g/mol. The van der Waals surface area contributed by atoms with Gasteiger partial charge in [-0.3, -0.25) is 0 Å². The van der Waals surface area contributed by atoms with Gasteiger partial charge in [0.1, 0.15) is 0 Å². The van der Waals surface area contributed by atoms with Crippen LogP contribution in [0.15, 0.2) is 12.1 Å². The van der Waals surface area contributed by atoms with E-state index in [-0.39, 0.29) is 0 Å². The van der Waals surface area contributed by atoms with Gasteiger partial charge < -0.3 is 9.80 Å². The van der Waals surface area contributed by atoms with E-state index in [0.29, 0.717) is 0 Å². The molecule has 0 saturated carbocycles. The average molecular weight is 435 g/mol. The fourth-order valence-corrected chi connectivity index (χ4v) is 5.64. The largest absolute Gasteiger partial charge is 0.309 e. The maximum Gasteiger partial charge on any atom is -0.00217 e. The molecule has 0 N–H and O–H groups in total. The SMILES string of the molecule is Cc1cc2c(c(CCCN(C)C)c1C)CCc1cc(C)c(C)c(CCCN(C)C)c1CC2. The molecule has 0 saturated heterocycles. The van der Waals surface area contributed by atoms with Gasteiger partial charge in [-0.1, -0.05) is 12.1 Å². The molecule has 3 rings (SSSR count). The summed E-state index contributed by atoms with van der Waals surface area (Å²) in [5.41, 5.74) is 15.9. The minimum atomic E-state index is 1.17. The van der Waals surface area contributed by atoms with E-state index in [9.17, 15) is 0 Å². The van der Waals surface area contributed by atoms with Gasteiger partial charge >= 0.3 is 0 Å². The molecule has 2 aromatic rings. The molecule has 1 aliphatic rings. The minimum Gasteiger partial charge on any atom is -0.309 e. The van der Waals surface area contributed by atoms with Gasteiger partial charge in [0.15, 0.2) is 0 Å². The zero-order chi connectivity index (χ0) is 23.4. The van der Waals surface area contributed by atoms with Crippen LogP contribution in [0.4, 0.5) is 0 Å². The van der Waals surface area contributed by atoms with E-state index in [4.69, 9.17) is 0 Å². The highest BCUT2D eigenvalue weighted by molar-refractivity contribution is 5.50. The fraction of sp³-hybridized carbons (Fsp3) is 0.600. The van der Waals surface area contributed by atoms with Gasteiger partial charge in [0.2, 0.25) is 0 Å². The fourth-order valence-electron chi connectivity index (χ4n) is 5.64. The Labute approximate surface area is 198 Å². The van der Waals surface area contributed by atoms with Gasteiger partial charge in [0.05, 0.1) is 0 Å². The highest BCUT2D eigenvalue weighted by atomic mass is 15.0. The van der Waals surface area contributed by atoms with Crippen LogP contribution in [0.3, 0.4) is 0 Å². The summed E-state index contributed by atoms with van der Waals surface area (Å²) in [5, 5.41) is 0. The summed E-state index contributed by atoms with van der Waals surface area (Å²) in [5.74, 6) is 0. The lowest BCUT2D eigenvalue weighted by atomic mass is 9.79. The Kier molecular flexibility index (Phi) is 8.58. The molecule has 0 fully saturated rings. The molecule has 0 amide bonds. The molecule has 32 heavy (non-hydrogen) atoms. The number of hydrogen-bond donors (Lipinski definition) is 0. The smallest absolute Gasteiger partial charge is 0.00217 e. The second kappa shape index (κ2) is 11.0. The second-order valence-electron chi connectivity index (χ2n) is 10.7. The molecular weight excluding hydrogens is 388 g/mol. The van der Waals surface area contributed by atoms with Crippen molar-refractivity contribution in [1.82, 2.24) is 9.80 Å². The van der Waals surface area contributed by atoms with Gasteiger partial charge in [-0.2, -0.15) is 0 Å². The Balaban J connectivity index is 1.93. The van der Waals surface area contributed by atoms with Crippen LogP contribution in [-0.4, -0.2) is 51.1 Å². The molecule has 0 aliphatic heterocycles. The van der Waals surface area contributed by atoms with Crippen molar-refractivity contribution >= 4 is 0 Å². The molecule has 0 heterocycles. The number of hydrogen-bond acceptors (Lipinski definition) is 2. The Hall–Kier alpha value is -1.64. The predicted molar refractivity (Wildman–Crippen MR) is 140 cm³/mol. The van der Waals surface area contributed by atoms with Crippen LogP contribution in [0.1, 0.15) is 68.5 Å². The van der Waals surface area contributed by atoms with Crippen molar-refractivity contribution in [3.63, 3.8) is 0 Å². The van der Waals surface area contributed by atoms with Gasteiger partial charge in [-0.05, 0) is 176 Å². The van der Waals surface area contributed by atoms with Crippen molar-refractivity contribution in [1.29, 1.82) is 0 Å². The van der Waals surface area contributed by atoms with Crippen molar-refractivity contribution in [2.75, 3.05) is 41.3 Å². The first-order valence-corrected chi connectivity index (χ1v) is 12.7. The third-order valence-electron chi connectivity index (χ3n) is 7.73. The third-order valence-corrected chi connectivity index (χ3v) is 7.73. The van der Waals surface area contributed by atoms with Crippen LogP contribution < -0.4 is 0 Å². The molecule has 1 aliphatic carbocycles. The van der Waals surface area contributed by atoms with Crippen molar-refractivity contribution in [2.45, 2.75) is 79.1 Å². The third kappa shape index (κ3) is 5.83. The normalized spacial score (nSPS) is 13.8. The Morgan fingerprint density at radius 2 is 0.969 bits per heavy atom. The number of benzene rings is 2. The molecule has 0 spiro atoms. The van der Waals surface area contributed by atoms with Crippen LogP contribution in [0.5, 0.6) is 0 Å². The van der Waals surface area contributed by atoms with E-state index in [1.165, 1.54) is 86.7 Å². The molecular formula is C30H46N2. The first-order chi connectivity index (χ1) is 15.2. The second-order valence-corrected chi connectivity index (χ2v) is 10.7. The summed E-state index contributed by atoms with van der Waals surface area (Å²) in [4.78, 5) is 4.63. The van der Waals surface area contributed by atoms with Gasteiger partial charge in [-0.25, -0.2) is 0 Å². The van der Waals surface area contributed by atoms with E-state index in [0.717, 1.165) is 0 Å². The maximum atomic E-state index is 2.51. The topological polar surface area (TPSA) is 6.48 Å². The quantitative estimate of drug-likeness (QED) is 0.519. The summed E-state index contributed by atoms with van der Waals surface area (Å²) in [6.07, 6.45) is 9.68. The van der Waals surface area contributed by atoms with Gasteiger partial charge in [-0.15, -0.1) is 0 Å². The minimum absolute atomic E-state index is 1.17. The number of fused-ring (bicyclic) bond motifs is 2. The molecule has 0 unspecified atom stereocenters. The summed E-state index contributed by atoms with van der Waals surface area (Å²) < 4.78 is 0. The standard InChI is InChI=1S/C30H46N2/c1-21-19-25-13-15-30-26(20-22(2)24(4)28(30)12-10-18-32(7)8)14-16-29(25)27(23(21)3)11-9-17-31(5)6/h19-20H,9-18H2,1-8H3. The number of rotatable bonds is 8. The molecule has 2 aromatic carbocycles. The highest BCUT2D eigenvalue weighted by Crippen LogP contribution is 2.33. The van der Waals surface area contributed by atoms with Crippen molar-refractivity contribution < 1.29 is 0 Å². The first-order valence-electron chi connectivity index (χ1n) is 12.7. The highest BCUT2D eigenvalue weighted by Gasteiger charge is 2.20. The van der Waals surface area contributed by atoms with Gasteiger partial charge in [0, 0.05) is 0 Å². The van der Waals surface area contributed by atoms with Crippen molar-refractivity contribution in [3.8, 4) is 0 Å². The van der Waals surface area contributed by atoms with Crippen LogP contribution in [0, 0.1) is 27.7 Å². The Morgan fingerprint density at radius 1 is 0.594 bits per heavy atom. The lowest BCUT2D eigenvalue weighted by Crippen LogP contribution is -2.17. The Morgan fingerprint density at radius 3 is 1.31 bits per heavy atom. The zero-order valence-corrected chi connectivity index (χ0v) is 22.1. The van der Waals surface area contributed by atoms with Crippen LogP contribution in [-0.2, 0) is 38.5 Å². The molecule has 0 radical (unpaired) electrons. The van der Waals surface area contributed by atoms with E-state index in [1.807, 2.05) is 0 Å². The molecule has 0 aromatic heterocycles. The van der Waals surface area contributed by atoms with Crippen molar-refractivity contribution in [2.24, 2.45) is 0 Å². The number of aryl methyl sites for hydroxylation is 4. The molecule has 0 atom stereocenters. The van der Waals surface area contributed by atoms with E-state index >= 15 is 0 Å². The zero-order valence-electron chi connectivity index (χ0n) is 22.1. The lowest BCUT2D eigenvalue weighted by Gasteiger charge is -2.26. The van der Waals surface area contributed by atoms with E-state index in [2.05, 4.69) is 77.8 Å². The molecule has 2 nitrogen and oxygen atoms in total. The summed E-state index contributed by atoms with van der Waals surface area (Å²) in [6.45, 7) is 11.7. The number of nitrogens with zero attached hydrogens (tertiary/aromatic N) is 2.